The van der Waals surface area contributed by atoms with Crippen LogP contribution in [0.1, 0.15) is 117 Å². The van der Waals surface area contributed by atoms with Crippen LogP contribution in [0.15, 0.2) is 72.4 Å². The number of ketones is 3. The zero-order chi connectivity index (χ0) is 77.0. The zero-order valence-corrected chi connectivity index (χ0v) is 60.3. The molecule has 8 amide bonds. The largest absolute Gasteiger partial charge is 0.445 e. The van der Waals surface area contributed by atoms with Gasteiger partial charge in [-0.2, -0.15) is 0 Å². The molecule has 1 saturated heterocycles. The van der Waals surface area contributed by atoms with Crippen LogP contribution in [0.3, 0.4) is 0 Å². The van der Waals surface area contributed by atoms with Crippen molar-refractivity contribution in [3.05, 3.63) is 77.9 Å². The van der Waals surface area contributed by atoms with Gasteiger partial charge in [0.15, 0.2) is 29.1 Å². The molecule has 105 heavy (non-hydrogen) atoms. The molecule has 17 atom stereocenters. The summed E-state index contributed by atoms with van der Waals surface area (Å²) >= 11 is 0. The van der Waals surface area contributed by atoms with E-state index in [-0.39, 0.29) is 129 Å². The van der Waals surface area contributed by atoms with Crippen LogP contribution in [0.25, 0.3) is 0 Å². The molecule has 13 N–H and O–H groups in total. The van der Waals surface area contributed by atoms with Crippen LogP contribution < -0.4 is 32.3 Å². The lowest BCUT2D eigenvalue weighted by molar-refractivity contribution is -0.233. The van der Waals surface area contributed by atoms with E-state index >= 15 is 8.78 Å². The van der Waals surface area contributed by atoms with Gasteiger partial charge in [0.2, 0.25) is 17.7 Å². The monoisotopic (exact) mass is 1490 g/mol. The quantitative estimate of drug-likeness (QED) is 0.0328. The van der Waals surface area contributed by atoms with Crippen molar-refractivity contribution in [3.63, 3.8) is 0 Å². The molecule has 1 aromatic carbocycles. The molecule has 2 heterocycles. The number of nitrogens with one attached hydrogen (secondary N) is 5. The number of Topliss-reactive ketones (excluding diaryl/α,β-unsaturated/α-hetero) is 3. The normalized spacial score (nSPS) is 27.1. The standard InChI is InChI=1S/C73H105F2N7O23/c1-7-9-62-104-58-36-49-50-35-52(74)51-32-43(4)19-21-70(51,5)72(50,75)56(88)37-71(49,6)73(58,105-62)57(89)39-79-69(98)103-41-44-11-14-47(15-12-44)80-66(95)45(10-8-22-77-68(76)97)34-53(85)63(42(2)3)81-67(96)46(13-16-59(90)78-38-54(86)64(93)65(94)55(87)40-83)33-48(84)20-24-99-26-28-101-30-31-102-29-27-100-25-23-82-60(91)17-18-61(82)92/h11-12,14-15,17-19,21,32,42,45-46,49-50,52,54-56,58,62-65,83,86-88,93-94H,4,7-10,13,16,20,22-31,33-41H2,1-3,5-6H3,(H,78,90)(H,79,98)(H,80,95)(H,81,96)(H3,76,77,97)/t45-,46+,49+,50+,52+,54+,55-,56+,58-,62?,63+,64-,65-,70+,71+,72+,73-/m1/s1. The van der Waals surface area contributed by atoms with Crippen LogP contribution in [-0.4, -0.2) is 247 Å². The Morgan fingerprint density at radius 1 is 0.790 bits per heavy atom. The van der Waals surface area contributed by atoms with Gasteiger partial charge in [0, 0.05) is 85.2 Å². The Kier molecular flexibility index (Phi) is 31.5. The van der Waals surface area contributed by atoms with Crippen molar-refractivity contribution in [2.45, 2.75) is 185 Å². The number of benzene rings is 1. The fourth-order valence-corrected chi connectivity index (χ4v) is 15.3. The third-order valence-corrected chi connectivity index (χ3v) is 21.0. The van der Waals surface area contributed by atoms with Gasteiger partial charge in [-0.1, -0.05) is 71.1 Å². The number of alkyl halides is 2. The lowest BCUT2D eigenvalue weighted by atomic mass is 9.44. The molecule has 4 fully saturated rings. The minimum atomic E-state index is -2.31. The van der Waals surface area contributed by atoms with Crippen LogP contribution in [0, 0.1) is 40.4 Å². The number of aliphatic hydroxyl groups excluding tert-OH is 6. The van der Waals surface area contributed by atoms with Crippen molar-refractivity contribution in [2.24, 2.45) is 46.2 Å². The number of hydrogen-bond donors (Lipinski definition) is 12. The summed E-state index contributed by atoms with van der Waals surface area (Å²) in [4.78, 5) is 133. The number of nitrogens with two attached hydrogens (primary N) is 1. The van der Waals surface area contributed by atoms with Gasteiger partial charge in [0.25, 0.3) is 11.8 Å². The molecule has 7 rings (SSSR count). The summed E-state index contributed by atoms with van der Waals surface area (Å²) in [6, 6.07) is 4.08. The summed E-state index contributed by atoms with van der Waals surface area (Å²) in [6.45, 7) is 11.4. The number of aliphatic hydroxyl groups is 6. The number of allylic oxidation sites excluding steroid dienone is 5. The number of fused-ring (bicyclic) bond motifs is 7. The van der Waals surface area contributed by atoms with Crippen molar-refractivity contribution < 1.29 is 121 Å². The van der Waals surface area contributed by atoms with Crippen LogP contribution in [0.5, 0.6) is 0 Å². The lowest BCUT2D eigenvalue weighted by Crippen LogP contribution is -2.71. The molecule has 0 aromatic heterocycles. The van der Waals surface area contributed by atoms with Crippen LogP contribution >= 0.6 is 0 Å². The Balaban J connectivity index is 0.917. The fourth-order valence-electron chi connectivity index (χ4n) is 15.3. The average molecular weight is 1490 g/mol. The van der Waals surface area contributed by atoms with E-state index in [1.165, 1.54) is 24.3 Å². The number of primary amides is 1. The number of halogens is 2. The molecule has 32 heteroatoms. The smallest absolute Gasteiger partial charge is 0.407 e. The van der Waals surface area contributed by atoms with E-state index in [0.29, 0.717) is 24.0 Å². The van der Waals surface area contributed by atoms with Gasteiger partial charge in [-0.3, -0.25) is 43.3 Å². The van der Waals surface area contributed by atoms with Crippen molar-refractivity contribution in [3.8, 4) is 0 Å². The Hall–Kier alpha value is -7.34. The zero-order valence-electron chi connectivity index (χ0n) is 60.3. The SMILES string of the molecule is C=C1C=C[C@@]2(C)C(=C1)[C@@H](F)C[C@H]1[C@@H]3C[C@H]4OC(CCC)O[C@@]4(C(=O)CNC(=O)OCc4ccc(NC(=O)[C@H](CCCNC(N)=O)CC(=O)[C@@H](NC(=O)[C@@H](CCC(=O)NC[C@H](O)[C@@H](O)[C@H](O)[C@H](O)CO)CC(=O)CCOCCOCCOCCOCCN5C(=O)C=CC5=O)C(C)C)cc4)[C@@]3(C)C[C@H](O)[C@@]12F. The first-order chi connectivity index (χ1) is 49.8. The van der Waals surface area contributed by atoms with Gasteiger partial charge in [0.05, 0.1) is 96.9 Å². The van der Waals surface area contributed by atoms with Crippen LogP contribution in [-0.2, 0) is 78.1 Å². The van der Waals surface area contributed by atoms with Crippen molar-refractivity contribution in [1.29, 1.82) is 0 Å². The molecule has 0 spiro atoms. The molecule has 1 unspecified atom stereocenters. The van der Waals surface area contributed by atoms with Crippen molar-refractivity contribution >= 4 is 64.7 Å². The summed E-state index contributed by atoms with van der Waals surface area (Å²) in [5.74, 6) is -9.13. The maximum Gasteiger partial charge on any atom is 0.407 e. The van der Waals surface area contributed by atoms with Crippen LogP contribution in [0.4, 0.5) is 24.1 Å². The number of imide groups is 1. The molecule has 0 radical (unpaired) electrons. The van der Waals surface area contributed by atoms with Crippen molar-refractivity contribution in [1.82, 2.24) is 26.2 Å². The van der Waals surface area contributed by atoms with Gasteiger partial charge < -0.3 is 96.1 Å². The number of rotatable bonds is 45. The number of urea groups is 1. The van der Waals surface area contributed by atoms with Gasteiger partial charge in [-0.25, -0.2) is 18.4 Å². The maximum atomic E-state index is 18.1. The third-order valence-electron chi connectivity index (χ3n) is 21.0. The summed E-state index contributed by atoms with van der Waals surface area (Å²) in [6.07, 6.45) is -6.99. The molecule has 30 nitrogen and oxygen atoms in total. The Morgan fingerprint density at radius 2 is 1.42 bits per heavy atom. The van der Waals surface area contributed by atoms with Crippen molar-refractivity contribution in [2.75, 3.05) is 91.0 Å². The highest BCUT2D eigenvalue weighted by molar-refractivity contribution is 6.12. The summed E-state index contributed by atoms with van der Waals surface area (Å²) < 4.78 is 74.9. The number of carbonyl (C=O) groups is 10. The Labute approximate surface area is 608 Å². The topological polar surface area (TPSA) is 446 Å². The number of alkyl carbamates (subject to hydrolysis) is 1. The maximum absolute atomic E-state index is 18.1. The summed E-state index contributed by atoms with van der Waals surface area (Å²) in [5, 5.41) is 74.4. The van der Waals surface area contributed by atoms with Gasteiger partial charge >= 0.3 is 12.1 Å². The highest BCUT2D eigenvalue weighted by Crippen LogP contribution is 2.72. The number of amides is 8. The third kappa shape index (κ3) is 21.1. The van der Waals surface area contributed by atoms with E-state index in [9.17, 15) is 73.5 Å². The number of carbonyl (C=O) groups excluding carboxylic acids is 10. The first kappa shape index (κ1) is 84.9. The first-order valence-electron chi connectivity index (χ1n) is 36.0. The average Bonchev–Trinajstić information content (AvgIpc) is 1.57. The number of hydrogen-bond acceptors (Lipinski definition) is 23. The van der Waals surface area contributed by atoms with Gasteiger partial charge in [0.1, 0.15) is 36.9 Å². The van der Waals surface area contributed by atoms with E-state index in [0.717, 1.165) is 4.90 Å². The lowest BCUT2D eigenvalue weighted by Gasteiger charge is -2.63. The molecule has 1 aromatic rings. The predicted molar refractivity (Wildman–Crippen MR) is 371 cm³/mol. The molecular weight excluding hydrogens is 1380 g/mol. The van der Waals surface area contributed by atoms with E-state index < -0.39 is 205 Å². The number of ether oxygens (including phenoxy) is 7. The van der Waals surface area contributed by atoms with Gasteiger partial charge in [-0.15, -0.1) is 0 Å². The second-order valence-electron chi connectivity index (χ2n) is 28.5. The first-order valence-corrected chi connectivity index (χ1v) is 36.0. The second-order valence-corrected chi connectivity index (χ2v) is 28.5. The Bertz CT molecular complexity index is 3310. The molecule has 6 aliphatic rings. The molecule has 3 saturated carbocycles. The molecule has 584 valence electrons. The summed E-state index contributed by atoms with van der Waals surface area (Å²) in [7, 11) is 0. The van der Waals surface area contributed by atoms with E-state index in [1.54, 1.807) is 58.1 Å². The van der Waals surface area contributed by atoms with E-state index in [4.69, 9.17) is 44.0 Å². The molecule has 4 aliphatic carbocycles. The van der Waals surface area contributed by atoms with E-state index in [1.807, 2.05) is 6.92 Å². The second kappa shape index (κ2) is 39.0. The highest BCUT2D eigenvalue weighted by Gasteiger charge is 2.80. The van der Waals surface area contributed by atoms with Crippen LogP contribution in [0.2, 0.25) is 0 Å². The number of anilines is 1. The Morgan fingerprint density at radius 3 is 2.05 bits per heavy atom. The molecule has 2 aliphatic heterocycles. The minimum Gasteiger partial charge on any atom is -0.445 e. The predicted octanol–water partition coefficient (Wildman–Crippen LogP) is 2.07. The fraction of sp³-hybridized carbons (Fsp3) is 0.671. The van der Waals surface area contributed by atoms with Gasteiger partial charge in [-0.05, 0) is 92.5 Å². The minimum absolute atomic E-state index is 0.0411. The van der Waals surface area contributed by atoms with E-state index in [2.05, 4.69) is 33.2 Å². The highest BCUT2D eigenvalue weighted by atomic mass is 19.1. The molecular formula is C73H105F2N7O23. The number of nitrogens with zero attached hydrogens (tertiary/aromatic N) is 1. The molecule has 0 bridgehead atoms. The summed E-state index contributed by atoms with van der Waals surface area (Å²) in [5.41, 5.74) is -0.0678.